The van der Waals surface area contributed by atoms with Gasteiger partial charge in [-0.15, -0.1) is 0 Å². The summed E-state index contributed by atoms with van der Waals surface area (Å²) in [7, 11) is 0. The highest BCUT2D eigenvalue weighted by Gasteiger charge is 2.17. The Balaban J connectivity index is 1.91. The number of ether oxygens (including phenoxy) is 1. The lowest BCUT2D eigenvalue weighted by Crippen LogP contribution is -2.29. The van der Waals surface area contributed by atoms with E-state index in [1.54, 1.807) is 0 Å². The average Bonchev–Trinajstić information content (AvgIpc) is 2.78. The van der Waals surface area contributed by atoms with Crippen molar-refractivity contribution < 1.29 is 13.5 Å². The summed E-state index contributed by atoms with van der Waals surface area (Å²) >= 11 is 0. The van der Waals surface area contributed by atoms with Crippen LogP contribution >= 0.6 is 0 Å². The van der Waals surface area contributed by atoms with Gasteiger partial charge in [0, 0.05) is 30.8 Å². The van der Waals surface area contributed by atoms with Crippen LogP contribution in [0.2, 0.25) is 0 Å². The second-order valence-electron chi connectivity index (χ2n) is 4.43. The standard InChI is InChI=1S/C13H17F2NO/c1-9(16-8-11-3-2-6-17-11)12-5-4-10(14)7-13(12)15/h4-5,7,9,11,16H,2-3,6,8H2,1H3. The molecule has 17 heavy (non-hydrogen) atoms. The lowest BCUT2D eigenvalue weighted by Gasteiger charge is -2.17. The Kier molecular flexibility index (Phi) is 4.07. The van der Waals surface area contributed by atoms with Gasteiger partial charge in [-0.3, -0.25) is 0 Å². The van der Waals surface area contributed by atoms with E-state index in [0.29, 0.717) is 12.1 Å². The Hall–Kier alpha value is -1.00. The zero-order chi connectivity index (χ0) is 12.3. The molecule has 1 saturated heterocycles. The summed E-state index contributed by atoms with van der Waals surface area (Å²) in [6.07, 6.45) is 2.36. The summed E-state index contributed by atoms with van der Waals surface area (Å²) in [6.45, 7) is 3.38. The first kappa shape index (κ1) is 12.5. The van der Waals surface area contributed by atoms with E-state index in [0.717, 1.165) is 25.5 Å². The predicted octanol–water partition coefficient (Wildman–Crippen LogP) is 2.79. The number of benzene rings is 1. The SMILES string of the molecule is CC(NCC1CCCO1)c1ccc(F)cc1F. The third-order valence-corrected chi connectivity index (χ3v) is 3.10. The van der Waals surface area contributed by atoms with Crippen LogP contribution in [0.4, 0.5) is 8.78 Å². The summed E-state index contributed by atoms with van der Waals surface area (Å²) in [5.74, 6) is -1.05. The highest BCUT2D eigenvalue weighted by atomic mass is 19.1. The molecule has 0 aromatic heterocycles. The van der Waals surface area contributed by atoms with Crippen molar-refractivity contribution in [2.75, 3.05) is 13.2 Å². The predicted molar refractivity (Wildman–Crippen MR) is 61.7 cm³/mol. The van der Waals surface area contributed by atoms with Crippen LogP contribution in [0.3, 0.4) is 0 Å². The Morgan fingerprint density at radius 1 is 1.47 bits per heavy atom. The second-order valence-corrected chi connectivity index (χ2v) is 4.43. The van der Waals surface area contributed by atoms with Crippen molar-refractivity contribution in [3.63, 3.8) is 0 Å². The van der Waals surface area contributed by atoms with Gasteiger partial charge in [0.2, 0.25) is 0 Å². The summed E-state index contributed by atoms with van der Waals surface area (Å²) in [6, 6.07) is 3.54. The molecule has 1 aliphatic rings. The molecule has 1 N–H and O–H groups in total. The lowest BCUT2D eigenvalue weighted by molar-refractivity contribution is 0.108. The fraction of sp³-hybridized carbons (Fsp3) is 0.538. The molecular weight excluding hydrogens is 224 g/mol. The van der Waals surface area contributed by atoms with Crippen molar-refractivity contribution in [3.05, 3.63) is 35.4 Å². The number of halogens is 2. The first-order chi connectivity index (χ1) is 8.16. The molecule has 2 atom stereocenters. The fourth-order valence-electron chi connectivity index (χ4n) is 2.08. The zero-order valence-electron chi connectivity index (χ0n) is 9.88. The van der Waals surface area contributed by atoms with E-state index < -0.39 is 11.6 Å². The Bertz CT molecular complexity index is 378. The minimum Gasteiger partial charge on any atom is -0.377 e. The second kappa shape index (κ2) is 5.56. The first-order valence-corrected chi connectivity index (χ1v) is 5.97. The largest absolute Gasteiger partial charge is 0.377 e. The van der Waals surface area contributed by atoms with Crippen LogP contribution in [0.15, 0.2) is 18.2 Å². The molecule has 94 valence electrons. The van der Waals surface area contributed by atoms with Crippen LogP contribution in [0.1, 0.15) is 31.4 Å². The third-order valence-electron chi connectivity index (χ3n) is 3.10. The molecule has 1 heterocycles. The summed E-state index contributed by atoms with van der Waals surface area (Å²) in [5, 5.41) is 3.21. The van der Waals surface area contributed by atoms with E-state index in [1.807, 2.05) is 6.92 Å². The molecule has 0 radical (unpaired) electrons. The van der Waals surface area contributed by atoms with Crippen LogP contribution < -0.4 is 5.32 Å². The fourth-order valence-corrected chi connectivity index (χ4v) is 2.08. The molecule has 0 saturated carbocycles. The van der Waals surface area contributed by atoms with Gasteiger partial charge in [-0.1, -0.05) is 6.07 Å². The van der Waals surface area contributed by atoms with Gasteiger partial charge in [0.25, 0.3) is 0 Å². The van der Waals surface area contributed by atoms with Gasteiger partial charge in [0.05, 0.1) is 6.10 Å². The maximum absolute atomic E-state index is 13.5. The summed E-state index contributed by atoms with van der Waals surface area (Å²) in [4.78, 5) is 0. The van der Waals surface area contributed by atoms with Crippen molar-refractivity contribution in [1.29, 1.82) is 0 Å². The Morgan fingerprint density at radius 2 is 2.29 bits per heavy atom. The molecule has 2 rings (SSSR count). The Morgan fingerprint density at radius 3 is 2.94 bits per heavy atom. The molecular formula is C13H17F2NO. The number of nitrogens with one attached hydrogen (secondary N) is 1. The normalized spacial score (nSPS) is 21.7. The van der Waals surface area contributed by atoms with E-state index in [4.69, 9.17) is 4.74 Å². The molecule has 0 spiro atoms. The van der Waals surface area contributed by atoms with Crippen molar-refractivity contribution in [2.24, 2.45) is 0 Å². The first-order valence-electron chi connectivity index (χ1n) is 5.97. The highest BCUT2D eigenvalue weighted by Crippen LogP contribution is 2.18. The van der Waals surface area contributed by atoms with Crippen LogP contribution in [0.25, 0.3) is 0 Å². The van der Waals surface area contributed by atoms with Crippen LogP contribution in [-0.2, 0) is 4.74 Å². The van der Waals surface area contributed by atoms with Gasteiger partial charge >= 0.3 is 0 Å². The molecule has 1 aromatic carbocycles. The molecule has 2 nitrogen and oxygen atoms in total. The van der Waals surface area contributed by atoms with E-state index >= 15 is 0 Å². The lowest BCUT2D eigenvalue weighted by atomic mass is 10.1. The van der Waals surface area contributed by atoms with Crippen molar-refractivity contribution >= 4 is 0 Å². The molecule has 4 heteroatoms. The highest BCUT2D eigenvalue weighted by molar-refractivity contribution is 5.21. The molecule has 1 fully saturated rings. The van der Waals surface area contributed by atoms with Crippen molar-refractivity contribution in [3.8, 4) is 0 Å². The monoisotopic (exact) mass is 241 g/mol. The van der Waals surface area contributed by atoms with E-state index in [2.05, 4.69) is 5.32 Å². The van der Waals surface area contributed by atoms with Gasteiger partial charge in [0.1, 0.15) is 11.6 Å². The van der Waals surface area contributed by atoms with Crippen LogP contribution in [0.5, 0.6) is 0 Å². The van der Waals surface area contributed by atoms with Gasteiger partial charge in [-0.25, -0.2) is 8.78 Å². The molecule has 0 bridgehead atoms. The minimum absolute atomic E-state index is 0.139. The molecule has 2 unspecified atom stereocenters. The average molecular weight is 241 g/mol. The quantitative estimate of drug-likeness (QED) is 0.875. The zero-order valence-corrected chi connectivity index (χ0v) is 9.88. The van der Waals surface area contributed by atoms with E-state index in [9.17, 15) is 8.78 Å². The molecule has 1 aromatic rings. The van der Waals surface area contributed by atoms with Crippen LogP contribution in [0, 0.1) is 11.6 Å². The van der Waals surface area contributed by atoms with Gasteiger partial charge in [-0.2, -0.15) is 0 Å². The van der Waals surface area contributed by atoms with Gasteiger partial charge < -0.3 is 10.1 Å². The number of hydrogen-bond donors (Lipinski definition) is 1. The van der Waals surface area contributed by atoms with E-state index in [-0.39, 0.29) is 12.1 Å². The van der Waals surface area contributed by atoms with Crippen molar-refractivity contribution in [1.82, 2.24) is 5.32 Å². The van der Waals surface area contributed by atoms with Gasteiger partial charge in [0.15, 0.2) is 0 Å². The maximum atomic E-state index is 13.5. The molecule has 1 aliphatic heterocycles. The maximum Gasteiger partial charge on any atom is 0.130 e. The molecule has 0 aliphatic carbocycles. The minimum atomic E-state index is -0.544. The smallest absolute Gasteiger partial charge is 0.130 e. The summed E-state index contributed by atoms with van der Waals surface area (Å²) in [5.41, 5.74) is 0.490. The third kappa shape index (κ3) is 3.23. The van der Waals surface area contributed by atoms with Crippen molar-refractivity contribution in [2.45, 2.75) is 31.9 Å². The topological polar surface area (TPSA) is 21.3 Å². The van der Waals surface area contributed by atoms with Gasteiger partial charge in [-0.05, 0) is 25.8 Å². The summed E-state index contributed by atoms with van der Waals surface area (Å²) < 4.78 is 31.7. The number of hydrogen-bond acceptors (Lipinski definition) is 2. The van der Waals surface area contributed by atoms with E-state index in [1.165, 1.54) is 12.1 Å². The van der Waals surface area contributed by atoms with Crippen LogP contribution in [-0.4, -0.2) is 19.3 Å². The molecule has 0 amide bonds. The number of rotatable bonds is 4. The Labute approximate surface area is 100.0 Å².